The van der Waals surface area contributed by atoms with E-state index in [2.05, 4.69) is 29.6 Å². The van der Waals surface area contributed by atoms with Crippen LogP contribution in [0.5, 0.6) is 0 Å². The summed E-state index contributed by atoms with van der Waals surface area (Å²) in [6.45, 7) is 1.85. The molecular weight excluding hydrogens is 409 g/mol. The molecule has 1 amide bonds. The summed E-state index contributed by atoms with van der Waals surface area (Å²) in [5.41, 5.74) is 5.55. The molecule has 1 atom stereocenters. The lowest BCUT2D eigenvalue weighted by Gasteiger charge is -2.09. The molecule has 4 rings (SSSR count). The average Bonchev–Trinajstić information content (AvgIpc) is 3.11. The molecule has 1 heterocycles. The average molecular weight is 428 g/mol. The van der Waals surface area contributed by atoms with Crippen LogP contribution in [0.1, 0.15) is 29.7 Å². The Morgan fingerprint density at radius 1 is 1.04 bits per heavy atom. The quantitative estimate of drug-likeness (QED) is 0.469. The van der Waals surface area contributed by atoms with E-state index in [1.165, 1.54) is 10.5 Å². The van der Waals surface area contributed by atoms with E-state index in [0.717, 1.165) is 28.8 Å². The summed E-state index contributed by atoms with van der Waals surface area (Å²) in [6.07, 6.45) is 1.41. The third-order valence-electron chi connectivity index (χ3n) is 4.79. The van der Waals surface area contributed by atoms with Gasteiger partial charge in [0.05, 0.1) is 0 Å². The first-order valence-electron chi connectivity index (χ1n) is 9.17. The second-order valence-corrected chi connectivity index (χ2v) is 8.94. The van der Waals surface area contributed by atoms with Gasteiger partial charge in [0.1, 0.15) is 0 Å². The largest absolute Gasteiger partial charge is 0.326 e. The molecule has 28 heavy (non-hydrogen) atoms. The van der Waals surface area contributed by atoms with E-state index >= 15 is 0 Å². The lowest BCUT2D eigenvalue weighted by molar-refractivity contribution is -0.115. The van der Waals surface area contributed by atoms with Gasteiger partial charge in [-0.25, -0.2) is 0 Å². The summed E-state index contributed by atoms with van der Waals surface area (Å²) in [5, 5.41) is 4.59. The van der Waals surface area contributed by atoms with Gasteiger partial charge in [-0.3, -0.25) is 4.79 Å². The molecule has 1 unspecified atom stereocenters. The number of fused-ring (bicyclic) bond motifs is 1. The van der Waals surface area contributed by atoms with E-state index in [1.54, 1.807) is 6.07 Å². The third kappa shape index (κ3) is 4.22. The van der Waals surface area contributed by atoms with Gasteiger partial charge in [-0.1, -0.05) is 48.3 Å². The summed E-state index contributed by atoms with van der Waals surface area (Å²) in [4.78, 5) is 13.0. The van der Waals surface area contributed by atoms with Crippen LogP contribution in [-0.4, -0.2) is 5.91 Å². The molecule has 2 nitrogen and oxygen atoms in total. The van der Waals surface area contributed by atoms with Crippen molar-refractivity contribution in [2.45, 2.75) is 29.9 Å². The van der Waals surface area contributed by atoms with Gasteiger partial charge in [0.2, 0.25) is 5.91 Å². The van der Waals surface area contributed by atoms with Gasteiger partial charge in [-0.05, 0) is 71.1 Å². The zero-order valence-electron chi connectivity index (χ0n) is 15.3. The Kier molecular flexibility index (Phi) is 5.68. The summed E-state index contributed by atoms with van der Waals surface area (Å²) in [5.74, 6) is 0.0190. The summed E-state index contributed by atoms with van der Waals surface area (Å²) < 4.78 is 0. The number of thioether (sulfide) groups is 1. The molecule has 0 saturated heterocycles. The Balaban J connectivity index is 1.58. The maximum atomic E-state index is 11.7. The van der Waals surface area contributed by atoms with Crippen molar-refractivity contribution in [1.82, 2.24) is 0 Å². The fourth-order valence-electron chi connectivity index (χ4n) is 3.40. The Hall–Kier alpha value is -1.94. The molecule has 3 aromatic rings. The van der Waals surface area contributed by atoms with Gasteiger partial charge < -0.3 is 5.32 Å². The Bertz CT molecular complexity index is 1030. The molecule has 0 spiro atoms. The lowest BCUT2D eigenvalue weighted by Crippen LogP contribution is -2.09. The van der Waals surface area contributed by atoms with Crippen molar-refractivity contribution in [1.29, 1.82) is 0 Å². The molecule has 0 aliphatic carbocycles. The van der Waals surface area contributed by atoms with E-state index in [0.29, 0.717) is 21.7 Å². The van der Waals surface area contributed by atoms with Crippen LogP contribution in [0.3, 0.4) is 0 Å². The number of halogens is 2. The summed E-state index contributed by atoms with van der Waals surface area (Å²) in [7, 11) is 0. The smallest absolute Gasteiger partial charge is 0.224 e. The highest BCUT2D eigenvalue weighted by molar-refractivity contribution is 7.99. The molecule has 0 saturated carbocycles. The predicted octanol–water partition coefficient (Wildman–Crippen LogP) is 7.40. The molecule has 1 aliphatic rings. The highest BCUT2D eigenvalue weighted by atomic mass is 35.5. The molecule has 0 aromatic heterocycles. The first-order valence-corrected chi connectivity index (χ1v) is 10.8. The van der Waals surface area contributed by atoms with Crippen molar-refractivity contribution in [3.8, 4) is 11.1 Å². The molecule has 0 radical (unpaired) electrons. The number of nitrogens with one attached hydrogen (secondary N) is 1. The van der Waals surface area contributed by atoms with Crippen molar-refractivity contribution >= 4 is 46.6 Å². The molecule has 0 bridgehead atoms. The number of benzene rings is 3. The van der Waals surface area contributed by atoms with Crippen LogP contribution in [-0.2, 0) is 11.2 Å². The maximum Gasteiger partial charge on any atom is 0.224 e. The van der Waals surface area contributed by atoms with Crippen LogP contribution in [0.25, 0.3) is 11.1 Å². The van der Waals surface area contributed by atoms with Crippen LogP contribution in [0.15, 0.2) is 65.6 Å². The second kappa shape index (κ2) is 8.20. The Labute approximate surface area is 179 Å². The van der Waals surface area contributed by atoms with Crippen molar-refractivity contribution in [2.75, 3.05) is 5.32 Å². The van der Waals surface area contributed by atoms with E-state index in [-0.39, 0.29) is 5.91 Å². The Morgan fingerprint density at radius 3 is 2.54 bits per heavy atom. The molecule has 1 aliphatic heterocycles. The second-order valence-electron chi connectivity index (χ2n) is 6.82. The minimum absolute atomic E-state index is 0.0190. The normalized spacial score (nSPS) is 15.3. The first-order chi connectivity index (χ1) is 13.5. The number of hydrogen-bond donors (Lipinski definition) is 1. The number of rotatable bonds is 4. The number of carbonyl (C=O) groups excluding carboxylic acids is 1. The van der Waals surface area contributed by atoms with Crippen LogP contribution in [0.2, 0.25) is 10.0 Å². The maximum absolute atomic E-state index is 11.7. The Morgan fingerprint density at radius 2 is 1.79 bits per heavy atom. The van der Waals surface area contributed by atoms with E-state index in [4.69, 9.17) is 23.2 Å². The van der Waals surface area contributed by atoms with Crippen LogP contribution >= 0.6 is 35.0 Å². The van der Waals surface area contributed by atoms with Gasteiger partial charge >= 0.3 is 0 Å². The van der Waals surface area contributed by atoms with Crippen LogP contribution < -0.4 is 5.32 Å². The van der Waals surface area contributed by atoms with E-state index in [9.17, 15) is 4.79 Å². The predicted molar refractivity (Wildman–Crippen MR) is 120 cm³/mol. The number of hydrogen-bond acceptors (Lipinski definition) is 2. The van der Waals surface area contributed by atoms with Gasteiger partial charge in [0, 0.05) is 32.3 Å². The third-order valence-corrected chi connectivity index (χ3v) is 6.60. The molecule has 142 valence electrons. The van der Waals surface area contributed by atoms with Gasteiger partial charge in [0.15, 0.2) is 0 Å². The zero-order chi connectivity index (χ0) is 19.7. The lowest BCUT2D eigenvalue weighted by atomic mass is 9.99. The van der Waals surface area contributed by atoms with Crippen molar-refractivity contribution in [3.05, 3.63) is 81.8 Å². The minimum Gasteiger partial charge on any atom is -0.326 e. The van der Waals surface area contributed by atoms with Crippen molar-refractivity contribution in [2.24, 2.45) is 0 Å². The summed E-state index contributed by atoms with van der Waals surface area (Å²) in [6, 6.07) is 20.3. The SMILES string of the molecule is CCC(=O)Nc1cccc(-c2ccc3c(c2)CC(c2cc(Cl)cc(Cl)c2)S3)c1. The molecular formula is C23H19Cl2NOS. The minimum atomic E-state index is 0.0190. The topological polar surface area (TPSA) is 29.1 Å². The van der Waals surface area contributed by atoms with Crippen LogP contribution in [0, 0.1) is 0 Å². The standard InChI is InChI=1S/C23H19Cl2NOS/c1-2-23(27)26-20-5-3-4-14(11-20)15-6-7-21-16(8-15)12-22(28-21)17-9-18(24)13-19(25)10-17/h3-11,13,22H,2,12H2,1H3,(H,26,27). The van der Waals surface area contributed by atoms with Gasteiger partial charge in [-0.2, -0.15) is 0 Å². The van der Waals surface area contributed by atoms with E-state index < -0.39 is 0 Å². The number of carbonyl (C=O) groups is 1. The fraction of sp³-hybridized carbons (Fsp3) is 0.174. The molecule has 0 fully saturated rings. The molecule has 1 N–H and O–H groups in total. The van der Waals surface area contributed by atoms with Crippen molar-refractivity contribution < 1.29 is 4.79 Å². The highest BCUT2D eigenvalue weighted by Crippen LogP contribution is 2.48. The monoisotopic (exact) mass is 427 g/mol. The number of anilines is 1. The fourth-order valence-corrected chi connectivity index (χ4v) is 5.23. The van der Waals surface area contributed by atoms with Gasteiger partial charge in [0.25, 0.3) is 0 Å². The summed E-state index contributed by atoms with van der Waals surface area (Å²) >= 11 is 14.2. The molecule has 3 aromatic carbocycles. The van der Waals surface area contributed by atoms with Gasteiger partial charge in [-0.15, -0.1) is 11.8 Å². The number of amides is 1. The first kappa shape index (κ1) is 19.4. The van der Waals surface area contributed by atoms with Crippen LogP contribution in [0.4, 0.5) is 5.69 Å². The molecule has 5 heteroatoms. The highest BCUT2D eigenvalue weighted by Gasteiger charge is 2.24. The van der Waals surface area contributed by atoms with Crippen molar-refractivity contribution in [3.63, 3.8) is 0 Å². The van der Waals surface area contributed by atoms with E-state index in [1.807, 2.05) is 49.0 Å². The zero-order valence-corrected chi connectivity index (χ0v) is 17.7.